The lowest BCUT2D eigenvalue weighted by Crippen LogP contribution is -2.14. The van der Waals surface area contributed by atoms with Gasteiger partial charge in [0.1, 0.15) is 0 Å². The van der Waals surface area contributed by atoms with E-state index in [0.717, 1.165) is 0 Å². The maximum absolute atomic E-state index is 13.0. The van der Waals surface area contributed by atoms with Gasteiger partial charge in [-0.25, -0.2) is 25.9 Å². The van der Waals surface area contributed by atoms with Crippen molar-refractivity contribution in [1.29, 1.82) is 0 Å². The molecule has 0 amide bonds. The van der Waals surface area contributed by atoms with E-state index >= 15 is 0 Å². The van der Waals surface area contributed by atoms with Gasteiger partial charge in [0.05, 0.1) is 9.79 Å². The molecule has 0 atom stereocenters. The largest absolute Gasteiger partial charge is 0.299 e. The van der Waals surface area contributed by atoms with Crippen molar-refractivity contribution in [3.05, 3.63) is 59.7 Å². The summed E-state index contributed by atoms with van der Waals surface area (Å²) in [6, 6.07) is 3.10. The topological polar surface area (TPSA) is 86.7 Å². The average molecular weight is 400 g/mol. The molecular formula is C13H8F4O6S2. The van der Waals surface area contributed by atoms with Gasteiger partial charge in [-0.3, -0.25) is 0 Å². The van der Waals surface area contributed by atoms with Crippen LogP contribution in [0.5, 0.6) is 0 Å². The highest BCUT2D eigenvalue weighted by molar-refractivity contribution is 7.87. The highest BCUT2D eigenvalue weighted by Crippen LogP contribution is 2.19. The Morgan fingerprint density at radius 1 is 0.640 bits per heavy atom. The van der Waals surface area contributed by atoms with Crippen LogP contribution in [0.3, 0.4) is 0 Å². The first-order valence-corrected chi connectivity index (χ1v) is 9.03. The molecule has 0 aliphatic rings. The number of halogens is 4. The Balaban J connectivity index is 2.10. The molecule has 0 aromatic heterocycles. The highest BCUT2D eigenvalue weighted by Gasteiger charge is 2.22. The average Bonchev–Trinajstić information content (AvgIpc) is 2.52. The third-order valence-corrected chi connectivity index (χ3v) is 5.24. The predicted octanol–water partition coefficient (Wildman–Crippen LogP) is 2.31. The normalized spacial score (nSPS) is 12.3. The molecule has 2 aromatic rings. The minimum atomic E-state index is -4.65. The molecule has 2 aromatic carbocycles. The van der Waals surface area contributed by atoms with Gasteiger partial charge in [-0.05, 0) is 36.4 Å². The fraction of sp³-hybridized carbons (Fsp3) is 0.0769. The second kappa shape index (κ2) is 7.07. The second-order valence-corrected chi connectivity index (χ2v) is 7.64. The van der Waals surface area contributed by atoms with E-state index in [-0.39, 0.29) is 0 Å². The summed E-state index contributed by atoms with van der Waals surface area (Å²) in [5.74, 6) is -5.51. The third-order valence-electron chi connectivity index (χ3n) is 2.77. The molecule has 0 N–H and O–H groups in total. The quantitative estimate of drug-likeness (QED) is 0.420. The van der Waals surface area contributed by atoms with Gasteiger partial charge < -0.3 is 0 Å². The van der Waals surface area contributed by atoms with E-state index in [1.165, 1.54) is 0 Å². The van der Waals surface area contributed by atoms with Crippen LogP contribution in [0.1, 0.15) is 0 Å². The molecule has 0 saturated heterocycles. The molecule has 25 heavy (non-hydrogen) atoms. The van der Waals surface area contributed by atoms with Crippen LogP contribution in [-0.2, 0) is 28.6 Å². The fourth-order valence-electron chi connectivity index (χ4n) is 1.55. The van der Waals surface area contributed by atoms with E-state index in [2.05, 4.69) is 8.37 Å². The van der Waals surface area contributed by atoms with Gasteiger partial charge in [0.2, 0.25) is 0 Å². The molecule has 0 aliphatic heterocycles. The summed E-state index contributed by atoms with van der Waals surface area (Å²) in [6.45, 7) is -1.36. The molecule has 0 radical (unpaired) electrons. The molecule has 0 bridgehead atoms. The molecule has 0 spiro atoms. The van der Waals surface area contributed by atoms with Crippen molar-refractivity contribution in [3.63, 3.8) is 0 Å². The van der Waals surface area contributed by atoms with E-state index in [9.17, 15) is 34.4 Å². The summed E-state index contributed by atoms with van der Waals surface area (Å²) >= 11 is 0. The van der Waals surface area contributed by atoms with Gasteiger partial charge in [0.15, 0.2) is 30.1 Å². The van der Waals surface area contributed by atoms with Gasteiger partial charge in [-0.2, -0.15) is 16.8 Å². The Kier molecular flexibility index (Phi) is 5.46. The molecule has 0 heterocycles. The van der Waals surface area contributed by atoms with Crippen LogP contribution in [0.25, 0.3) is 0 Å². The number of benzene rings is 2. The molecule has 0 fully saturated rings. The summed E-state index contributed by atoms with van der Waals surface area (Å²) in [6.07, 6.45) is 0. The first-order valence-electron chi connectivity index (χ1n) is 6.22. The van der Waals surface area contributed by atoms with Crippen LogP contribution in [0.2, 0.25) is 0 Å². The van der Waals surface area contributed by atoms with Crippen LogP contribution in [0.15, 0.2) is 46.2 Å². The van der Waals surface area contributed by atoms with E-state index in [1.807, 2.05) is 0 Å². The van der Waals surface area contributed by atoms with Crippen molar-refractivity contribution in [1.82, 2.24) is 0 Å². The van der Waals surface area contributed by atoms with Crippen molar-refractivity contribution >= 4 is 20.2 Å². The Hall–Kier alpha value is -2.02. The first-order chi connectivity index (χ1) is 11.5. The molecule has 0 saturated carbocycles. The maximum Gasteiger partial charge on any atom is 0.299 e. The van der Waals surface area contributed by atoms with Crippen molar-refractivity contribution in [2.45, 2.75) is 9.79 Å². The highest BCUT2D eigenvalue weighted by atomic mass is 32.2. The third kappa shape index (κ3) is 4.54. The van der Waals surface area contributed by atoms with Gasteiger partial charge in [-0.1, -0.05) is 0 Å². The molecule has 0 aliphatic carbocycles. The molecular weight excluding hydrogens is 392 g/mol. The van der Waals surface area contributed by atoms with Gasteiger partial charge in [0.25, 0.3) is 20.2 Å². The first kappa shape index (κ1) is 19.3. The minimum absolute atomic E-state index is 0.328. The standard InChI is InChI=1S/C13H8F4O6S2/c14-10-3-1-8(5-12(10)16)24(18,19)22-7-23-25(20,21)9-2-4-11(15)13(17)6-9/h1-6H,7H2. The SMILES string of the molecule is O=S(=O)(OCOS(=O)(=O)c1ccc(F)c(F)c1)c1ccc(F)c(F)c1. The molecule has 136 valence electrons. The molecule has 12 heteroatoms. The van der Waals surface area contributed by atoms with Crippen molar-refractivity contribution in [2.24, 2.45) is 0 Å². The predicted molar refractivity (Wildman–Crippen MR) is 74.1 cm³/mol. The number of hydrogen-bond acceptors (Lipinski definition) is 6. The van der Waals surface area contributed by atoms with Gasteiger partial charge in [-0.15, -0.1) is 0 Å². The van der Waals surface area contributed by atoms with E-state index in [0.29, 0.717) is 36.4 Å². The fourth-order valence-corrected chi connectivity index (χ4v) is 3.19. The van der Waals surface area contributed by atoms with Crippen LogP contribution >= 0.6 is 0 Å². The zero-order chi connectivity index (χ0) is 18.8. The lowest BCUT2D eigenvalue weighted by molar-refractivity contribution is 0.132. The Morgan fingerprint density at radius 3 is 1.32 bits per heavy atom. The molecule has 6 nitrogen and oxygen atoms in total. The summed E-state index contributed by atoms with van der Waals surface area (Å²) in [7, 11) is -9.30. The summed E-state index contributed by atoms with van der Waals surface area (Å²) in [4.78, 5) is -1.56. The Morgan fingerprint density at radius 2 is 1.00 bits per heavy atom. The second-order valence-electron chi connectivity index (χ2n) is 4.41. The van der Waals surface area contributed by atoms with Crippen LogP contribution in [0.4, 0.5) is 17.6 Å². The maximum atomic E-state index is 13.0. The summed E-state index contributed by atoms with van der Waals surface area (Å²) in [5, 5.41) is 0. The van der Waals surface area contributed by atoms with Gasteiger partial charge >= 0.3 is 0 Å². The van der Waals surface area contributed by atoms with Gasteiger partial charge in [0, 0.05) is 0 Å². The lowest BCUT2D eigenvalue weighted by atomic mass is 10.3. The van der Waals surface area contributed by atoms with E-state index < -0.39 is 60.1 Å². The Bertz CT molecular complexity index is 924. The minimum Gasteiger partial charge on any atom is -0.236 e. The summed E-state index contributed by atoms with van der Waals surface area (Å²) in [5.41, 5.74) is 0. The van der Waals surface area contributed by atoms with Crippen LogP contribution in [0, 0.1) is 23.3 Å². The van der Waals surface area contributed by atoms with Crippen LogP contribution in [-0.4, -0.2) is 23.6 Å². The smallest absolute Gasteiger partial charge is 0.236 e. The summed E-state index contributed by atoms with van der Waals surface area (Å²) < 4.78 is 107. The van der Waals surface area contributed by atoms with E-state index in [4.69, 9.17) is 0 Å². The molecule has 2 rings (SSSR count). The monoisotopic (exact) mass is 400 g/mol. The Labute approximate surface area is 139 Å². The lowest BCUT2D eigenvalue weighted by Gasteiger charge is -2.08. The van der Waals surface area contributed by atoms with E-state index in [1.54, 1.807) is 0 Å². The van der Waals surface area contributed by atoms with Crippen molar-refractivity contribution in [3.8, 4) is 0 Å². The number of rotatable bonds is 6. The van der Waals surface area contributed by atoms with Crippen molar-refractivity contribution < 1.29 is 42.8 Å². The zero-order valence-electron chi connectivity index (χ0n) is 11.9. The number of hydrogen-bond donors (Lipinski definition) is 0. The van der Waals surface area contributed by atoms with Crippen molar-refractivity contribution in [2.75, 3.05) is 6.79 Å². The molecule has 0 unspecified atom stereocenters. The zero-order valence-corrected chi connectivity index (χ0v) is 13.6. The van der Waals surface area contributed by atoms with Crippen LogP contribution < -0.4 is 0 Å².